The minimum atomic E-state index is -4.02. The largest absolute Gasteiger partial charge is 0.460 e. The lowest BCUT2D eigenvalue weighted by Crippen LogP contribution is -2.36. The fourth-order valence-electron chi connectivity index (χ4n) is 1.92. The maximum atomic E-state index is 11.5. The summed E-state index contributed by atoms with van der Waals surface area (Å²) in [6.45, 7) is 1.53. The first-order valence-electron chi connectivity index (χ1n) is 7.95. The van der Waals surface area contributed by atoms with E-state index < -0.39 is 25.9 Å². The Kier molecular flexibility index (Phi) is 9.69. The van der Waals surface area contributed by atoms with Gasteiger partial charge >= 0.3 is 5.97 Å². The summed E-state index contributed by atoms with van der Waals surface area (Å²) in [4.78, 5) is 11.4. The second-order valence-electron chi connectivity index (χ2n) is 5.81. The van der Waals surface area contributed by atoms with Gasteiger partial charge < -0.3 is 10.5 Å². The molecule has 0 saturated heterocycles. The van der Waals surface area contributed by atoms with Gasteiger partial charge in [-0.25, -0.2) is 0 Å². The molecule has 10 heteroatoms. The standard InChI is InChI=1S/C11H12Cl3NO2.C7H8O3S/c12-11(13,14)7-17-10(16)9(15)6-8-4-2-1-3-5-8;1-6-2-4-7(5-3-6)11(8,9)10/h1-5,9H,6-7,15H2;2-5H,1H3,(H,8,9,10)/t9-;/m0./s1. The predicted octanol–water partition coefficient (Wildman–Crippen LogP) is 3.71. The van der Waals surface area contributed by atoms with Crippen molar-refractivity contribution in [2.45, 2.75) is 28.1 Å². The van der Waals surface area contributed by atoms with E-state index in [-0.39, 0.29) is 11.5 Å². The third kappa shape index (κ3) is 10.3. The molecule has 3 N–H and O–H groups in total. The lowest BCUT2D eigenvalue weighted by molar-refractivity contribution is -0.145. The maximum Gasteiger partial charge on any atom is 0.323 e. The van der Waals surface area contributed by atoms with Crippen LogP contribution in [0.1, 0.15) is 11.1 Å². The molecule has 154 valence electrons. The summed E-state index contributed by atoms with van der Waals surface area (Å²) in [5, 5.41) is 0. The molecule has 0 bridgehead atoms. The lowest BCUT2D eigenvalue weighted by atomic mass is 10.1. The van der Waals surface area contributed by atoms with E-state index in [0.29, 0.717) is 6.42 Å². The molecule has 0 saturated carbocycles. The van der Waals surface area contributed by atoms with Crippen LogP contribution in [0.4, 0.5) is 0 Å². The van der Waals surface area contributed by atoms with Crippen molar-refractivity contribution >= 4 is 50.9 Å². The SMILES string of the molecule is Cc1ccc(S(=O)(=O)O)cc1.N[C@@H](Cc1ccccc1)C(=O)OCC(Cl)(Cl)Cl. The molecule has 0 aromatic heterocycles. The minimum Gasteiger partial charge on any atom is -0.460 e. The molecule has 0 aliphatic heterocycles. The Balaban J connectivity index is 0.000000307. The first-order valence-corrected chi connectivity index (χ1v) is 10.5. The van der Waals surface area contributed by atoms with Crippen LogP contribution in [0.5, 0.6) is 0 Å². The number of aryl methyl sites for hydroxylation is 1. The van der Waals surface area contributed by atoms with E-state index in [9.17, 15) is 13.2 Å². The molecule has 6 nitrogen and oxygen atoms in total. The average Bonchev–Trinajstić information content (AvgIpc) is 2.60. The van der Waals surface area contributed by atoms with Crippen molar-refractivity contribution in [3.05, 3.63) is 65.7 Å². The Morgan fingerprint density at radius 3 is 2.11 bits per heavy atom. The molecule has 2 aromatic rings. The van der Waals surface area contributed by atoms with Crippen molar-refractivity contribution in [1.29, 1.82) is 0 Å². The maximum absolute atomic E-state index is 11.5. The Labute approximate surface area is 179 Å². The molecule has 1 atom stereocenters. The van der Waals surface area contributed by atoms with E-state index in [1.807, 2.05) is 37.3 Å². The van der Waals surface area contributed by atoms with Gasteiger partial charge in [0.25, 0.3) is 10.1 Å². The van der Waals surface area contributed by atoms with Crippen LogP contribution in [0.15, 0.2) is 59.5 Å². The monoisotopic (exact) mass is 467 g/mol. The number of alkyl halides is 3. The topological polar surface area (TPSA) is 107 Å². The Bertz CT molecular complexity index is 853. The number of nitrogens with two attached hydrogens (primary N) is 1. The van der Waals surface area contributed by atoms with Gasteiger partial charge in [0.15, 0.2) is 0 Å². The Morgan fingerprint density at radius 1 is 1.11 bits per heavy atom. The Hall–Kier alpha value is -1.35. The lowest BCUT2D eigenvalue weighted by Gasteiger charge is -2.14. The van der Waals surface area contributed by atoms with Crippen LogP contribution < -0.4 is 5.73 Å². The van der Waals surface area contributed by atoms with E-state index >= 15 is 0 Å². The fourth-order valence-corrected chi connectivity index (χ4v) is 2.57. The summed E-state index contributed by atoms with van der Waals surface area (Å²) in [5.74, 6) is -0.583. The number of hydrogen-bond donors (Lipinski definition) is 2. The first kappa shape index (κ1) is 24.7. The van der Waals surface area contributed by atoms with Crippen molar-refractivity contribution in [2.24, 2.45) is 5.73 Å². The average molecular weight is 469 g/mol. The van der Waals surface area contributed by atoms with E-state index in [1.54, 1.807) is 12.1 Å². The van der Waals surface area contributed by atoms with Crippen LogP contribution in [-0.4, -0.2) is 35.4 Å². The minimum absolute atomic E-state index is 0.0666. The highest BCUT2D eigenvalue weighted by Gasteiger charge is 2.24. The smallest absolute Gasteiger partial charge is 0.323 e. The van der Waals surface area contributed by atoms with Crippen molar-refractivity contribution in [3.63, 3.8) is 0 Å². The highest BCUT2D eigenvalue weighted by molar-refractivity contribution is 7.85. The van der Waals surface area contributed by atoms with Crippen LogP contribution in [0.2, 0.25) is 0 Å². The summed E-state index contributed by atoms with van der Waals surface area (Å²) >= 11 is 16.4. The summed E-state index contributed by atoms with van der Waals surface area (Å²) in [7, 11) is -4.02. The number of carbonyl (C=O) groups excluding carboxylic acids is 1. The van der Waals surface area contributed by atoms with Crippen molar-refractivity contribution in [2.75, 3.05) is 6.61 Å². The third-order valence-electron chi connectivity index (χ3n) is 3.30. The van der Waals surface area contributed by atoms with Gasteiger partial charge in [0.1, 0.15) is 12.6 Å². The molecular formula is C18H20Cl3NO5S. The molecule has 0 fully saturated rings. The highest BCUT2D eigenvalue weighted by Crippen LogP contribution is 2.26. The number of carbonyl (C=O) groups is 1. The number of benzene rings is 2. The van der Waals surface area contributed by atoms with Crippen LogP contribution in [0.3, 0.4) is 0 Å². The zero-order valence-electron chi connectivity index (χ0n) is 14.9. The molecule has 2 aromatic carbocycles. The number of rotatable bonds is 5. The van der Waals surface area contributed by atoms with Crippen LogP contribution in [0.25, 0.3) is 0 Å². The quantitative estimate of drug-likeness (QED) is 0.393. The first-order chi connectivity index (χ1) is 12.9. The summed E-state index contributed by atoms with van der Waals surface area (Å²) in [5.41, 5.74) is 7.58. The van der Waals surface area contributed by atoms with Gasteiger partial charge in [0.2, 0.25) is 3.79 Å². The van der Waals surface area contributed by atoms with Gasteiger partial charge in [0, 0.05) is 0 Å². The summed E-state index contributed by atoms with van der Waals surface area (Å²) < 4.78 is 32.7. The van der Waals surface area contributed by atoms with Crippen LogP contribution >= 0.6 is 34.8 Å². The predicted molar refractivity (Wildman–Crippen MR) is 110 cm³/mol. The molecule has 0 amide bonds. The van der Waals surface area contributed by atoms with Crippen molar-refractivity contribution < 1.29 is 22.5 Å². The van der Waals surface area contributed by atoms with Gasteiger partial charge in [0.05, 0.1) is 4.90 Å². The molecular weight excluding hydrogens is 449 g/mol. The number of hydrogen-bond acceptors (Lipinski definition) is 5. The molecule has 0 spiro atoms. The zero-order valence-corrected chi connectivity index (χ0v) is 18.0. The van der Waals surface area contributed by atoms with Crippen LogP contribution in [0, 0.1) is 6.92 Å². The summed E-state index contributed by atoms with van der Waals surface area (Å²) in [6.07, 6.45) is 0.388. The number of ether oxygens (including phenoxy) is 1. The normalized spacial score (nSPS) is 12.5. The molecule has 0 aliphatic rings. The Morgan fingerprint density at radius 2 is 1.64 bits per heavy atom. The third-order valence-corrected chi connectivity index (χ3v) is 4.49. The number of esters is 1. The second-order valence-corrected chi connectivity index (χ2v) is 9.74. The van der Waals surface area contributed by atoms with Gasteiger partial charge in [-0.1, -0.05) is 82.8 Å². The molecule has 0 radical (unpaired) electrons. The van der Waals surface area contributed by atoms with Crippen molar-refractivity contribution in [1.82, 2.24) is 0 Å². The van der Waals surface area contributed by atoms with E-state index in [4.69, 9.17) is 49.8 Å². The van der Waals surface area contributed by atoms with Gasteiger partial charge in [-0.2, -0.15) is 8.42 Å². The molecule has 0 heterocycles. The zero-order chi connectivity index (χ0) is 21.4. The molecule has 0 unspecified atom stereocenters. The second kappa shape index (κ2) is 11.0. The summed E-state index contributed by atoms with van der Waals surface area (Å²) in [6, 6.07) is 14.6. The van der Waals surface area contributed by atoms with Crippen molar-refractivity contribution in [3.8, 4) is 0 Å². The molecule has 28 heavy (non-hydrogen) atoms. The van der Waals surface area contributed by atoms with Gasteiger partial charge in [-0.05, 0) is 31.0 Å². The highest BCUT2D eigenvalue weighted by atomic mass is 35.6. The van der Waals surface area contributed by atoms with E-state index in [0.717, 1.165) is 11.1 Å². The van der Waals surface area contributed by atoms with Crippen LogP contribution in [-0.2, 0) is 26.1 Å². The van der Waals surface area contributed by atoms with E-state index in [2.05, 4.69) is 0 Å². The molecule has 0 aliphatic carbocycles. The number of halogens is 3. The van der Waals surface area contributed by atoms with E-state index in [1.165, 1.54) is 12.1 Å². The fraction of sp³-hybridized carbons (Fsp3) is 0.278. The molecule has 2 rings (SSSR count). The van der Waals surface area contributed by atoms with Gasteiger partial charge in [-0.3, -0.25) is 9.35 Å². The van der Waals surface area contributed by atoms with Gasteiger partial charge in [-0.15, -0.1) is 0 Å².